The monoisotopic (exact) mass is 329 g/mol. The van der Waals surface area contributed by atoms with Crippen LogP contribution in [0.25, 0.3) is 16.9 Å². The lowest BCUT2D eigenvalue weighted by Gasteiger charge is -2.08. The third-order valence-corrected chi connectivity index (χ3v) is 4.42. The summed E-state index contributed by atoms with van der Waals surface area (Å²) in [4.78, 5) is 0.0237. The summed E-state index contributed by atoms with van der Waals surface area (Å²) in [6.45, 7) is 1.71. The van der Waals surface area contributed by atoms with Crippen LogP contribution in [-0.2, 0) is 10.0 Å². The molecule has 3 rings (SSSR count). The lowest BCUT2D eigenvalue weighted by atomic mass is 10.1. The average Bonchev–Trinajstić information content (AvgIpc) is 2.83. The number of aryl methyl sites for hydroxylation is 1. The van der Waals surface area contributed by atoms with Gasteiger partial charge in [0.2, 0.25) is 10.0 Å². The number of nitrogens with zero attached hydrogens (tertiary/aromatic N) is 2. The highest BCUT2D eigenvalue weighted by atomic mass is 32.2. The van der Waals surface area contributed by atoms with Crippen LogP contribution < -0.4 is 5.14 Å². The van der Waals surface area contributed by atoms with Crippen molar-refractivity contribution < 1.29 is 13.5 Å². The molecule has 3 N–H and O–H groups in total. The Morgan fingerprint density at radius 3 is 2.22 bits per heavy atom. The summed E-state index contributed by atoms with van der Waals surface area (Å²) < 4.78 is 24.3. The average molecular weight is 329 g/mol. The van der Waals surface area contributed by atoms with Gasteiger partial charge in [0.1, 0.15) is 11.4 Å². The number of primary sulfonamides is 1. The van der Waals surface area contributed by atoms with Gasteiger partial charge in [-0.25, -0.2) is 18.2 Å². The molecule has 0 amide bonds. The number of aromatic hydroxyl groups is 1. The molecule has 1 aromatic heterocycles. The number of rotatable bonds is 3. The zero-order valence-corrected chi connectivity index (χ0v) is 13.2. The molecule has 0 aliphatic carbocycles. The van der Waals surface area contributed by atoms with Gasteiger partial charge in [-0.15, -0.1) is 0 Å². The normalized spacial score (nSPS) is 11.6. The van der Waals surface area contributed by atoms with E-state index >= 15 is 0 Å². The fourth-order valence-electron chi connectivity index (χ4n) is 2.34. The van der Waals surface area contributed by atoms with E-state index in [4.69, 9.17) is 5.14 Å². The van der Waals surface area contributed by atoms with Crippen LogP contribution in [0.2, 0.25) is 0 Å². The summed E-state index contributed by atoms with van der Waals surface area (Å²) in [5, 5.41) is 19.8. The SMILES string of the molecule is Cc1nn(-c2ccc(S(N)(=O)=O)cc2)c(-c2ccccc2)c1O. The van der Waals surface area contributed by atoms with Crippen LogP contribution in [0.5, 0.6) is 5.75 Å². The van der Waals surface area contributed by atoms with Crippen LogP contribution >= 0.6 is 0 Å². The molecule has 3 aromatic rings. The number of aromatic nitrogens is 2. The summed E-state index contributed by atoms with van der Waals surface area (Å²) in [5.41, 5.74) is 2.46. The van der Waals surface area contributed by atoms with Crippen LogP contribution in [0, 0.1) is 6.92 Å². The van der Waals surface area contributed by atoms with E-state index in [0.29, 0.717) is 17.1 Å². The van der Waals surface area contributed by atoms with Crippen molar-refractivity contribution in [2.45, 2.75) is 11.8 Å². The Hall–Kier alpha value is -2.64. The molecule has 0 atom stereocenters. The van der Waals surface area contributed by atoms with Crippen molar-refractivity contribution in [3.63, 3.8) is 0 Å². The summed E-state index contributed by atoms with van der Waals surface area (Å²) in [5.74, 6) is 0.0896. The molecular weight excluding hydrogens is 314 g/mol. The molecule has 0 bridgehead atoms. The summed E-state index contributed by atoms with van der Waals surface area (Å²) >= 11 is 0. The number of nitrogens with two attached hydrogens (primary N) is 1. The Balaban J connectivity index is 2.16. The fourth-order valence-corrected chi connectivity index (χ4v) is 2.85. The lowest BCUT2D eigenvalue weighted by Crippen LogP contribution is -2.12. The second-order valence-corrected chi connectivity index (χ2v) is 6.66. The van der Waals surface area contributed by atoms with Crippen molar-refractivity contribution in [1.82, 2.24) is 9.78 Å². The summed E-state index contributed by atoms with van der Waals surface area (Å²) in [6, 6.07) is 15.4. The molecule has 0 saturated carbocycles. The summed E-state index contributed by atoms with van der Waals surface area (Å²) in [7, 11) is -3.75. The Bertz CT molecular complexity index is 946. The molecule has 0 saturated heterocycles. The molecule has 23 heavy (non-hydrogen) atoms. The Kier molecular flexibility index (Phi) is 3.67. The van der Waals surface area contributed by atoms with Gasteiger partial charge >= 0.3 is 0 Å². The van der Waals surface area contributed by atoms with Gasteiger partial charge in [-0.2, -0.15) is 5.10 Å². The molecule has 0 radical (unpaired) electrons. The quantitative estimate of drug-likeness (QED) is 0.769. The predicted octanol–water partition coefficient (Wildman–Crippen LogP) is 2.20. The van der Waals surface area contributed by atoms with Gasteiger partial charge in [0.25, 0.3) is 0 Å². The third kappa shape index (κ3) is 2.84. The topological polar surface area (TPSA) is 98.2 Å². The standard InChI is InChI=1S/C16H15N3O3S/c1-11-16(20)15(12-5-3-2-4-6-12)19(18-11)13-7-9-14(10-8-13)23(17,21)22/h2-10,20H,1H3,(H2,17,21,22). The maximum absolute atomic E-state index is 11.3. The molecule has 1 heterocycles. The molecule has 6 nitrogen and oxygen atoms in total. The number of hydrogen-bond acceptors (Lipinski definition) is 4. The largest absolute Gasteiger partial charge is 0.504 e. The first-order chi connectivity index (χ1) is 10.9. The minimum absolute atomic E-state index is 0.0237. The Morgan fingerprint density at radius 2 is 1.65 bits per heavy atom. The van der Waals surface area contributed by atoms with Gasteiger partial charge in [0.15, 0.2) is 5.75 Å². The molecule has 0 aliphatic rings. The van der Waals surface area contributed by atoms with Gasteiger partial charge in [-0.05, 0) is 31.2 Å². The van der Waals surface area contributed by atoms with Gasteiger partial charge in [-0.1, -0.05) is 30.3 Å². The Labute approximate surface area is 133 Å². The van der Waals surface area contributed by atoms with Crippen LogP contribution in [0.3, 0.4) is 0 Å². The highest BCUT2D eigenvalue weighted by Gasteiger charge is 2.17. The van der Waals surface area contributed by atoms with Gasteiger partial charge < -0.3 is 5.11 Å². The first kappa shape index (κ1) is 15.3. The van der Waals surface area contributed by atoms with E-state index in [1.165, 1.54) is 12.1 Å². The van der Waals surface area contributed by atoms with Crippen molar-refractivity contribution in [1.29, 1.82) is 0 Å². The molecular formula is C16H15N3O3S. The van der Waals surface area contributed by atoms with E-state index in [1.54, 1.807) is 23.7 Å². The van der Waals surface area contributed by atoms with Crippen molar-refractivity contribution in [3.8, 4) is 22.7 Å². The van der Waals surface area contributed by atoms with Gasteiger partial charge in [0.05, 0.1) is 10.6 Å². The minimum Gasteiger partial charge on any atom is -0.504 e. The van der Waals surface area contributed by atoms with E-state index in [9.17, 15) is 13.5 Å². The van der Waals surface area contributed by atoms with Gasteiger partial charge in [0, 0.05) is 5.56 Å². The van der Waals surface area contributed by atoms with E-state index in [2.05, 4.69) is 5.10 Å². The Morgan fingerprint density at radius 1 is 1.04 bits per heavy atom. The highest BCUT2D eigenvalue weighted by Crippen LogP contribution is 2.33. The zero-order valence-electron chi connectivity index (χ0n) is 12.3. The van der Waals surface area contributed by atoms with Crippen LogP contribution in [-0.4, -0.2) is 23.3 Å². The number of sulfonamides is 1. The molecule has 0 spiro atoms. The smallest absolute Gasteiger partial charge is 0.238 e. The molecule has 0 unspecified atom stereocenters. The first-order valence-corrected chi connectivity index (χ1v) is 8.40. The van der Waals surface area contributed by atoms with E-state index < -0.39 is 10.0 Å². The molecule has 118 valence electrons. The van der Waals surface area contributed by atoms with Crippen molar-refractivity contribution in [2.24, 2.45) is 5.14 Å². The highest BCUT2D eigenvalue weighted by molar-refractivity contribution is 7.89. The zero-order chi connectivity index (χ0) is 16.6. The molecule has 2 aromatic carbocycles. The third-order valence-electron chi connectivity index (χ3n) is 3.49. The van der Waals surface area contributed by atoms with Crippen LogP contribution in [0.4, 0.5) is 0 Å². The maximum Gasteiger partial charge on any atom is 0.238 e. The maximum atomic E-state index is 11.3. The van der Waals surface area contributed by atoms with Crippen LogP contribution in [0.1, 0.15) is 5.69 Å². The van der Waals surface area contributed by atoms with E-state index in [-0.39, 0.29) is 10.6 Å². The van der Waals surface area contributed by atoms with E-state index in [0.717, 1.165) is 5.56 Å². The fraction of sp³-hybridized carbons (Fsp3) is 0.0625. The molecule has 0 fully saturated rings. The first-order valence-electron chi connectivity index (χ1n) is 6.85. The summed E-state index contributed by atoms with van der Waals surface area (Å²) in [6.07, 6.45) is 0. The van der Waals surface area contributed by atoms with Crippen molar-refractivity contribution in [2.75, 3.05) is 0 Å². The molecule has 0 aliphatic heterocycles. The number of hydrogen-bond donors (Lipinski definition) is 2. The van der Waals surface area contributed by atoms with Gasteiger partial charge in [-0.3, -0.25) is 0 Å². The van der Waals surface area contributed by atoms with E-state index in [1.807, 2.05) is 30.3 Å². The van der Waals surface area contributed by atoms with Crippen LogP contribution in [0.15, 0.2) is 59.5 Å². The lowest BCUT2D eigenvalue weighted by molar-refractivity contribution is 0.473. The minimum atomic E-state index is -3.75. The molecule has 7 heteroatoms. The second kappa shape index (κ2) is 5.53. The predicted molar refractivity (Wildman–Crippen MR) is 86.8 cm³/mol. The second-order valence-electron chi connectivity index (χ2n) is 5.10. The van der Waals surface area contributed by atoms with Crippen molar-refractivity contribution in [3.05, 3.63) is 60.3 Å². The number of benzene rings is 2. The van der Waals surface area contributed by atoms with Crippen molar-refractivity contribution >= 4 is 10.0 Å².